The molecule has 2 heterocycles. The molecule has 0 radical (unpaired) electrons. The number of furan rings is 1. The van der Waals surface area contributed by atoms with Gasteiger partial charge in [0.15, 0.2) is 5.76 Å². The zero-order valence-corrected chi connectivity index (χ0v) is 13.6. The molecule has 2 aromatic rings. The molecule has 0 spiro atoms. The minimum absolute atomic E-state index is 0.0430. The fourth-order valence-corrected chi connectivity index (χ4v) is 2.07. The predicted octanol–water partition coefficient (Wildman–Crippen LogP) is 2.48. The van der Waals surface area contributed by atoms with E-state index < -0.39 is 0 Å². The molecule has 22 heavy (non-hydrogen) atoms. The quantitative estimate of drug-likeness (QED) is 0.786. The second kappa shape index (κ2) is 7.26. The van der Waals surface area contributed by atoms with E-state index in [1.165, 1.54) is 0 Å². The van der Waals surface area contributed by atoms with Gasteiger partial charge in [0, 0.05) is 25.1 Å². The Bertz CT molecular complexity index is 588. The van der Waals surface area contributed by atoms with Gasteiger partial charge in [-0.15, -0.1) is 0 Å². The Labute approximate surface area is 130 Å². The van der Waals surface area contributed by atoms with Crippen LogP contribution in [0.15, 0.2) is 33.4 Å². The Morgan fingerprint density at radius 2 is 2.05 bits per heavy atom. The third-order valence-corrected chi connectivity index (χ3v) is 3.30. The van der Waals surface area contributed by atoms with Crippen LogP contribution < -0.4 is 0 Å². The molecule has 0 aliphatic carbocycles. The van der Waals surface area contributed by atoms with E-state index >= 15 is 0 Å². The maximum absolute atomic E-state index is 12.3. The lowest BCUT2D eigenvalue weighted by atomic mass is 10.2. The summed E-state index contributed by atoms with van der Waals surface area (Å²) in [7, 11) is 3.98. The van der Waals surface area contributed by atoms with Crippen LogP contribution in [0, 0.1) is 5.92 Å². The number of nitrogens with zero attached hydrogens (tertiary/aromatic N) is 3. The van der Waals surface area contributed by atoms with Crippen molar-refractivity contribution in [3.63, 3.8) is 0 Å². The minimum atomic E-state index is -0.0430. The van der Waals surface area contributed by atoms with Crippen molar-refractivity contribution < 1.29 is 13.7 Å². The summed E-state index contributed by atoms with van der Waals surface area (Å²) in [6.45, 7) is 5.72. The van der Waals surface area contributed by atoms with Gasteiger partial charge in [-0.2, -0.15) is 0 Å². The highest BCUT2D eigenvalue weighted by Crippen LogP contribution is 2.21. The van der Waals surface area contributed by atoms with E-state index in [1.54, 1.807) is 12.3 Å². The van der Waals surface area contributed by atoms with Crippen LogP contribution in [0.25, 0.3) is 11.5 Å². The average molecular weight is 305 g/mol. The summed E-state index contributed by atoms with van der Waals surface area (Å²) in [5.74, 6) is 1.28. The van der Waals surface area contributed by atoms with Crippen molar-refractivity contribution in [2.45, 2.75) is 20.4 Å². The molecule has 0 atom stereocenters. The zero-order chi connectivity index (χ0) is 16.1. The van der Waals surface area contributed by atoms with Gasteiger partial charge in [0.1, 0.15) is 5.69 Å². The van der Waals surface area contributed by atoms with Gasteiger partial charge in [-0.3, -0.25) is 4.79 Å². The number of hydrogen-bond donors (Lipinski definition) is 0. The molecule has 0 fully saturated rings. The average Bonchev–Trinajstić information content (AvgIpc) is 3.13. The summed E-state index contributed by atoms with van der Waals surface area (Å²) < 4.78 is 10.6. The Kier molecular flexibility index (Phi) is 5.38. The van der Waals surface area contributed by atoms with Gasteiger partial charge in [0.25, 0.3) is 0 Å². The van der Waals surface area contributed by atoms with E-state index in [2.05, 4.69) is 10.1 Å². The molecule has 0 saturated heterocycles. The molecular formula is C16H23N3O3. The number of aromatic nitrogens is 1. The number of rotatable bonds is 7. The highest BCUT2D eigenvalue weighted by atomic mass is 16.5. The first kappa shape index (κ1) is 16.3. The maximum Gasteiger partial charge on any atom is 0.225 e. The monoisotopic (exact) mass is 305 g/mol. The molecule has 0 aliphatic rings. The zero-order valence-electron chi connectivity index (χ0n) is 13.6. The number of amides is 1. The first-order valence-corrected chi connectivity index (χ1v) is 7.40. The van der Waals surface area contributed by atoms with E-state index in [9.17, 15) is 4.79 Å². The highest BCUT2D eigenvalue weighted by Gasteiger charge is 2.19. The molecular weight excluding hydrogens is 282 g/mol. The molecule has 0 bridgehead atoms. The molecule has 2 aromatic heterocycles. The van der Waals surface area contributed by atoms with Crippen molar-refractivity contribution in [2.75, 3.05) is 27.2 Å². The second-order valence-corrected chi connectivity index (χ2v) is 5.88. The Morgan fingerprint density at radius 3 is 2.64 bits per heavy atom. The SMILES string of the molecule is CC(C)C(=O)N(CCN(C)C)Cc1cc(-c2ccco2)on1. The molecule has 6 heteroatoms. The first-order chi connectivity index (χ1) is 10.5. The van der Waals surface area contributed by atoms with E-state index in [4.69, 9.17) is 8.94 Å². The molecule has 0 aromatic carbocycles. The Hall–Kier alpha value is -2.08. The lowest BCUT2D eigenvalue weighted by Crippen LogP contribution is -2.38. The summed E-state index contributed by atoms with van der Waals surface area (Å²) in [6.07, 6.45) is 1.59. The third-order valence-electron chi connectivity index (χ3n) is 3.30. The lowest BCUT2D eigenvalue weighted by Gasteiger charge is -2.25. The van der Waals surface area contributed by atoms with Crippen molar-refractivity contribution in [3.8, 4) is 11.5 Å². The van der Waals surface area contributed by atoms with Gasteiger partial charge >= 0.3 is 0 Å². The lowest BCUT2D eigenvalue weighted by molar-refractivity contribution is -0.135. The third kappa shape index (κ3) is 4.21. The summed E-state index contributed by atoms with van der Waals surface area (Å²) in [5.41, 5.74) is 0.721. The summed E-state index contributed by atoms with van der Waals surface area (Å²) in [6, 6.07) is 5.42. The van der Waals surface area contributed by atoms with Crippen LogP contribution in [0.4, 0.5) is 0 Å². The summed E-state index contributed by atoms with van der Waals surface area (Å²) in [4.78, 5) is 16.2. The number of carbonyl (C=O) groups excluding carboxylic acids is 1. The molecule has 120 valence electrons. The van der Waals surface area contributed by atoms with Gasteiger partial charge in [0.2, 0.25) is 11.7 Å². The van der Waals surface area contributed by atoms with Crippen molar-refractivity contribution in [3.05, 3.63) is 30.2 Å². The topological polar surface area (TPSA) is 62.7 Å². The predicted molar refractivity (Wildman–Crippen MR) is 83.0 cm³/mol. The van der Waals surface area contributed by atoms with Crippen molar-refractivity contribution >= 4 is 5.91 Å². The highest BCUT2D eigenvalue weighted by molar-refractivity contribution is 5.78. The smallest absolute Gasteiger partial charge is 0.225 e. The molecule has 0 unspecified atom stereocenters. The van der Waals surface area contributed by atoms with Crippen molar-refractivity contribution in [1.82, 2.24) is 15.0 Å². The largest absolute Gasteiger partial charge is 0.461 e. The van der Waals surface area contributed by atoms with E-state index in [0.29, 0.717) is 24.6 Å². The standard InChI is InChI=1S/C16H23N3O3/c1-12(2)16(20)19(8-7-18(3)4)11-13-10-15(22-17-13)14-6-5-9-21-14/h5-6,9-10,12H,7-8,11H2,1-4H3. The van der Waals surface area contributed by atoms with Gasteiger partial charge in [-0.05, 0) is 26.2 Å². The van der Waals surface area contributed by atoms with Gasteiger partial charge in [-0.1, -0.05) is 19.0 Å². The van der Waals surface area contributed by atoms with Crippen LogP contribution in [0.2, 0.25) is 0 Å². The van der Waals surface area contributed by atoms with E-state index in [0.717, 1.165) is 12.2 Å². The van der Waals surface area contributed by atoms with Crippen molar-refractivity contribution in [1.29, 1.82) is 0 Å². The van der Waals surface area contributed by atoms with E-state index in [-0.39, 0.29) is 11.8 Å². The summed E-state index contributed by atoms with van der Waals surface area (Å²) >= 11 is 0. The van der Waals surface area contributed by atoms with Gasteiger partial charge in [-0.25, -0.2) is 0 Å². The van der Waals surface area contributed by atoms with Crippen LogP contribution in [-0.2, 0) is 11.3 Å². The Morgan fingerprint density at radius 1 is 1.27 bits per heavy atom. The molecule has 0 N–H and O–H groups in total. The number of carbonyl (C=O) groups is 1. The van der Waals surface area contributed by atoms with Crippen LogP contribution in [0.5, 0.6) is 0 Å². The molecule has 0 aliphatic heterocycles. The summed E-state index contributed by atoms with van der Waals surface area (Å²) in [5, 5.41) is 4.04. The Balaban J connectivity index is 2.07. The fourth-order valence-electron chi connectivity index (χ4n) is 2.07. The number of hydrogen-bond acceptors (Lipinski definition) is 5. The van der Waals surface area contributed by atoms with E-state index in [1.807, 2.05) is 45.0 Å². The molecule has 0 saturated carbocycles. The van der Waals surface area contributed by atoms with Crippen LogP contribution in [0.1, 0.15) is 19.5 Å². The first-order valence-electron chi connectivity index (χ1n) is 7.40. The van der Waals surface area contributed by atoms with Crippen LogP contribution in [-0.4, -0.2) is 48.0 Å². The molecule has 2 rings (SSSR count). The molecule has 1 amide bonds. The normalized spacial score (nSPS) is 11.4. The van der Waals surface area contributed by atoms with Crippen LogP contribution in [0.3, 0.4) is 0 Å². The number of likely N-dealkylation sites (N-methyl/N-ethyl adjacent to an activating group) is 1. The van der Waals surface area contributed by atoms with Gasteiger partial charge in [0.05, 0.1) is 12.8 Å². The van der Waals surface area contributed by atoms with Crippen LogP contribution >= 0.6 is 0 Å². The van der Waals surface area contributed by atoms with Crippen molar-refractivity contribution in [2.24, 2.45) is 5.92 Å². The molecule has 6 nitrogen and oxygen atoms in total. The van der Waals surface area contributed by atoms with Gasteiger partial charge < -0.3 is 18.7 Å². The second-order valence-electron chi connectivity index (χ2n) is 5.88. The minimum Gasteiger partial charge on any atom is -0.461 e. The maximum atomic E-state index is 12.3. The fraction of sp³-hybridized carbons (Fsp3) is 0.500.